The number of ether oxygens (including phenoxy) is 3. The van der Waals surface area contributed by atoms with Gasteiger partial charge in [-0.1, -0.05) is 13.8 Å². The fraction of sp³-hybridized carbons (Fsp3) is 0.938. The molecule has 2 N–H and O–H groups in total. The minimum absolute atomic E-state index is 0.154. The van der Waals surface area contributed by atoms with Crippen molar-refractivity contribution in [1.29, 1.82) is 0 Å². The highest BCUT2D eigenvalue weighted by molar-refractivity contribution is 5.70. The molecule has 6 heteroatoms. The number of aliphatic hydroxyl groups excluding tert-OH is 1. The van der Waals surface area contributed by atoms with E-state index in [0.717, 1.165) is 0 Å². The van der Waals surface area contributed by atoms with Crippen molar-refractivity contribution in [2.24, 2.45) is 0 Å². The van der Waals surface area contributed by atoms with E-state index < -0.39 is 23.6 Å². The molecule has 1 aliphatic heterocycles. The van der Waals surface area contributed by atoms with Crippen molar-refractivity contribution < 1.29 is 24.1 Å². The quantitative estimate of drug-likeness (QED) is 0.725. The van der Waals surface area contributed by atoms with Crippen molar-refractivity contribution in [2.45, 2.75) is 90.6 Å². The van der Waals surface area contributed by atoms with E-state index >= 15 is 0 Å². The van der Waals surface area contributed by atoms with Crippen LogP contribution in [0, 0.1) is 0 Å². The van der Waals surface area contributed by atoms with E-state index in [1.807, 2.05) is 34.6 Å². The van der Waals surface area contributed by atoms with Gasteiger partial charge in [-0.05, 0) is 34.6 Å². The fourth-order valence-corrected chi connectivity index (χ4v) is 2.61. The van der Waals surface area contributed by atoms with Crippen LogP contribution in [0.2, 0.25) is 0 Å². The van der Waals surface area contributed by atoms with Gasteiger partial charge in [0.05, 0.1) is 13.0 Å². The third-order valence-corrected chi connectivity index (χ3v) is 3.15. The maximum Gasteiger partial charge on any atom is 0.307 e. The summed E-state index contributed by atoms with van der Waals surface area (Å²) in [5, 5.41) is 12.8. The summed E-state index contributed by atoms with van der Waals surface area (Å²) in [6.07, 6.45) is -0.709. The predicted octanol–water partition coefficient (Wildman–Crippen LogP) is 1.60. The van der Waals surface area contributed by atoms with Gasteiger partial charge in [0.15, 0.2) is 5.79 Å². The van der Waals surface area contributed by atoms with Crippen LogP contribution in [0.3, 0.4) is 0 Å². The Kier molecular flexibility index (Phi) is 6.38. The van der Waals surface area contributed by atoms with Crippen LogP contribution >= 0.6 is 0 Å². The van der Waals surface area contributed by atoms with Gasteiger partial charge in [0.25, 0.3) is 0 Å². The molecule has 6 nitrogen and oxygen atoms in total. The number of carbonyl (C=O) groups excluding carboxylic acids is 1. The molecule has 0 unspecified atom stereocenters. The monoisotopic (exact) mass is 317 g/mol. The summed E-state index contributed by atoms with van der Waals surface area (Å²) >= 11 is 0. The molecule has 1 aliphatic rings. The number of nitrogens with one attached hydrogen (secondary N) is 1. The van der Waals surface area contributed by atoms with Crippen molar-refractivity contribution in [3.05, 3.63) is 0 Å². The van der Waals surface area contributed by atoms with Crippen LogP contribution < -0.4 is 5.32 Å². The fourth-order valence-electron chi connectivity index (χ4n) is 2.61. The van der Waals surface area contributed by atoms with Gasteiger partial charge >= 0.3 is 5.97 Å². The molecular weight excluding hydrogens is 286 g/mol. The molecule has 3 atom stereocenters. The third-order valence-electron chi connectivity index (χ3n) is 3.15. The number of carbonyl (C=O) groups is 1. The van der Waals surface area contributed by atoms with Crippen LogP contribution in [0.25, 0.3) is 0 Å². The van der Waals surface area contributed by atoms with Gasteiger partial charge in [-0.2, -0.15) is 0 Å². The first-order valence-corrected chi connectivity index (χ1v) is 7.88. The summed E-state index contributed by atoms with van der Waals surface area (Å²) < 4.78 is 17.0. The Morgan fingerprint density at radius 3 is 2.36 bits per heavy atom. The molecule has 1 saturated heterocycles. The molecule has 1 rings (SSSR count). The van der Waals surface area contributed by atoms with Crippen LogP contribution in [0.5, 0.6) is 0 Å². The van der Waals surface area contributed by atoms with Crippen molar-refractivity contribution in [1.82, 2.24) is 5.32 Å². The van der Waals surface area contributed by atoms with E-state index in [2.05, 4.69) is 5.32 Å². The van der Waals surface area contributed by atoms with E-state index in [4.69, 9.17) is 14.2 Å². The second-order valence-electron chi connectivity index (χ2n) is 7.54. The first kappa shape index (κ1) is 19.4. The average molecular weight is 317 g/mol. The molecule has 1 fully saturated rings. The van der Waals surface area contributed by atoms with E-state index in [1.54, 1.807) is 13.8 Å². The zero-order valence-corrected chi connectivity index (χ0v) is 14.8. The molecule has 22 heavy (non-hydrogen) atoms. The number of hydrogen-bond donors (Lipinski definition) is 2. The van der Waals surface area contributed by atoms with Gasteiger partial charge in [-0.15, -0.1) is 0 Å². The van der Waals surface area contributed by atoms with Gasteiger partial charge in [0.2, 0.25) is 0 Å². The molecule has 0 aliphatic carbocycles. The van der Waals surface area contributed by atoms with Crippen LogP contribution in [0.1, 0.15) is 54.9 Å². The van der Waals surface area contributed by atoms with E-state index in [9.17, 15) is 9.90 Å². The molecule has 0 bridgehead atoms. The number of hydrogen-bond acceptors (Lipinski definition) is 6. The van der Waals surface area contributed by atoms with Gasteiger partial charge in [-0.25, -0.2) is 0 Å². The minimum atomic E-state index is -0.775. The Labute approximate surface area is 133 Å². The molecular formula is C16H31NO5. The summed E-state index contributed by atoms with van der Waals surface area (Å²) in [4.78, 5) is 12.1. The summed E-state index contributed by atoms with van der Waals surface area (Å²) in [7, 11) is 0. The van der Waals surface area contributed by atoms with Gasteiger partial charge in [-0.3, -0.25) is 4.79 Å². The molecule has 0 aromatic carbocycles. The third kappa shape index (κ3) is 6.20. The minimum Gasteiger partial charge on any atom is -0.460 e. The van der Waals surface area contributed by atoms with E-state index in [0.29, 0.717) is 0 Å². The standard InChI is InChI=1S/C16H31NO5/c1-10(2)17-11(8-13(19)21-15(3,4)5)14-12(9-18)20-16(6,7)22-14/h10-12,14,17-18H,8-9H2,1-7H3/t11-,12+,14-/m1/s1. The normalized spacial score (nSPS) is 26.2. The first-order chi connectivity index (χ1) is 9.93. The molecule has 0 aromatic heterocycles. The van der Waals surface area contributed by atoms with Crippen molar-refractivity contribution in [3.8, 4) is 0 Å². The SMILES string of the molecule is CC(C)N[C@H](CC(=O)OC(C)(C)C)[C@H]1OC(C)(C)O[C@H]1CO. The van der Waals surface area contributed by atoms with Crippen LogP contribution in [-0.2, 0) is 19.0 Å². The molecule has 130 valence electrons. The maximum absolute atomic E-state index is 12.1. The Hall–Kier alpha value is -0.690. The number of rotatable bonds is 6. The molecule has 0 saturated carbocycles. The zero-order valence-electron chi connectivity index (χ0n) is 14.8. The lowest BCUT2D eigenvalue weighted by atomic mass is 10.0. The second kappa shape index (κ2) is 7.25. The molecule has 0 spiro atoms. The van der Waals surface area contributed by atoms with Crippen LogP contribution in [0.15, 0.2) is 0 Å². The predicted molar refractivity (Wildman–Crippen MR) is 83.4 cm³/mol. The Bertz CT molecular complexity index is 375. The van der Waals surface area contributed by atoms with Gasteiger partial charge in [0.1, 0.15) is 17.8 Å². The summed E-state index contributed by atoms with van der Waals surface area (Å²) in [6, 6.07) is -0.118. The second-order valence-corrected chi connectivity index (χ2v) is 7.54. The maximum atomic E-state index is 12.1. The lowest BCUT2D eigenvalue weighted by molar-refractivity contribution is -0.160. The van der Waals surface area contributed by atoms with E-state index in [1.165, 1.54) is 0 Å². The summed E-state index contributed by atoms with van der Waals surface area (Å²) in [5.74, 6) is -1.07. The Morgan fingerprint density at radius 1 is 1.32 bits per heavy atom. The lowest BCUT2D eigenvalue weighted by Crippen LogP contribution is -2.50. The van der Waals surface area contributed by atoms with Crippen LogP contribution in [0.4, 0.5) is 0 Å². The molecule has 1 heterocycles. The summed E-state index contributed by atoms with van der Waals surface area (Å²) in [5.41, 5.74) is -0.526. The molecule has 0 amide bonds. The van der Waals surface area contributed by atoms with Crippen LogP contribution in [-0.4, -0.2) is 53.4 Å². The highest BCUT2D eigenvalue weighted by Crippen LogP contribution is 2.31. The van der Waals surface area contributed by atoms with Crippen molar-refractivity contribution in [2.75, 3.05) is 6.61 Å². The molecule has 0 aromatic rings. The first-order valence-electron chi connectivity index (χ1n) is 7.88. The topological polar surface area (TPSA) is 77.0 Å². The smallest absolute Gasteiger partial charge is 0.307 e. The zero-order chi connectivity index (χ0) is 17.1. The largest absolute Gasteiger partial charge is 0.460 e. The number of esters is 1. The van der Waals surface area contributed by atoms with E-state index in [-0.39, 0.29) is 31.1 Å². The number of aliphatic hydroxyl groups is 1. The highest BCUT2D eigenvalue weighted by Gasteiger charge is 2.45. The highest BCUT2D eigenvalue weighted by atomic mass is 16.8. The average Bonchev–Trinajstić information content (AvgIpc) is 2.60. The van der Waals surface area contributed by atoms with Crippen molar-refractivity contribution >= 4 is 5.97 Å². The van der Waals surface area contributed by atoms with Crippen molar-refractivity contribution in [3.63, 3.8) is 0 Å². The lowest BCUT2D eigenvalue weighted by Gasteiger charge is -2.29. The Morgan fingerprint density at radius 2 is 1.91 bits per heavy atom. The summed E-state index contributed by atoms with van der Waals surface area (Å²) in [6.45, 7) is 13.0. The molecule has 0 radical (unpaired) electrons. The van der Waals surface area contributed by atoms with Gasteiger partial charge < -0.3 is 24.6 Å². The van der Waals surface area contributed by atoms with Gasteiger partial charge in [0, 0.05) is 12.1 Å². The Balaban J connectivity index is 2.81.